The summed E-state index contributed by atoms with van der Waals surface area (Å²) in [6, 6.07) is 76.5. The van der Waals surface area contributed by atoms with Gasteiger partial charge >= 0.3 is 0 Å². The Labute approximate surface area is 356 Å². The van der Waals surface area contributed by atoms with Crippen molar-refractivity contribution in [3.8, 4) is 16.8 Å². The van der Waals surface area contributed by atoms with Gasteiger partial charge in [0.25, 0.3) is 0 Å². The van der Waals surface area contributed by atoms with Crippen LogP contribution in [0.25, 0.3) is 55.1 Å². The molecule has 4 heteroatoms. The third-order valence-electron chi connectivity index (χ3n) is 13.7. The fraction of sp³-hybridized carbons (Fsp3) is 0.0526. The number of rotatable bonds is 4. The predicted octanol–water partition coefficient (Wildman–Crippen LogP) is 13.4. The van der Waals surface area contributed by atoms with E-state index in [1.54, 1.807) is 0 Å². The minimum atomic E-state index is -0.298. The van der Waals surface area contributed by atoms with Gasteiger partial charge in [0.15, 0.2) is 0 Å². The zero-order chi connectivity index (χ0) is 40.4. The number of anilines is 5. The first-order chi connectivity index (χ1) is 30.1. The summed E-state index contributed by atoms with van der Waals surface area (Å²) in [4.78, 5) is 5.12. The van der Waals surface area contributed by atoms with Crippen LogP contribution in [-0.2, 0) is 5.41 Å². The molecule has 1 aromatic heterocycles. The van der Waals surface area contributed by atoms with Crippen molar-refractivity contribution in [2.24, 2.45) is 0 Å². The molecule has 61 heavy (non-hydrogen) atoms. The fourth-order valence-electron chi connectivity index (χ4n) is 11.3. The number of benzene rings is 9. The first-order valence-electron chi connectivity index (χ1n) is 21.4. The summed E-state index contributed by atoms with van der Waals surface area (Å²) in [6.45, 7) is 4.96. The summed E-state index contributed by atoms with van der Waals surface area (Å²) in [7, 11) is 0. The van der Waals surface area contributed by atoms with Crippen LogP contribution in [0.5, 0.6) is 0 Å². The van der Waals surface area contributed by atoms with Gasteiger partial charge in [-0.15, -0.1) is 0 Å². The first kappa shape index (κ1) is 34.3. The molecule has 0 unspecified atom stereocenters. The zero-order valence-corrected chi connectivity index (χ0v) is 34.0. The Kier molecular flexibility index (Phi) is 7.16. The number of nitrogens with zero attached hydrogens (tertiary/aromatic N) is 3. The molecule has 0 spiro atoms. The molecule has 0 radical (unpaired) electrons. The summed E-state index contributed by atoms with van der Waals surface area (Å²) in [5.41, 5.74) is 19.8. The van der Waals surface area contributed by atoms with E-state index < -0.39 is 0 Å². The van der Waals surface area contributed by atoms with E-state index in [9.17, 15) is 0 Å². The Hall–Kier alpha value is -7.56. The Bertz CT molecular complexity index is 3420. The lowest BCUT2D eigenvalue weighted by atomic mass is 9.30. The quantitative estimate of drug-likeness (QED) is 0.165. The molecule has 0 saturated carbocycles. The average Bonchev–Trinajstić information content (AvgIpc) is 3.78. The van der Waals surface area contributed by atoms with Gasteiger partial charge in [0.2, 0.25) is 6.71 Å². The monoisotopic (exact) mass is 777 g/mol. The van der Waals surface area contributed by atoms with E-state index in [1.807, 2.05) is 0 Å². The first-order valence-corrected chi connectivity index (χ1v) is 21.4. The standard InChI is InChI=1S/C57H40BN3/c1-57(2)53-43-24-10-9-19-38(43)31-33-46(53)55-56(57)58-47-34-32-42(60-48-27-13-11-25-44(48)45-26-12-14-28-49(45)60)36-52(47)59(40-21-7-4-8-22-40)50-29-16-30-51(54(50)58)61(55)41-23-15-20-39(35-41)37-17-5-3-6-18-37/h3-36H,1-2H3. The van der Waals surface area contributed by atoms with E-state index in [4.69, 9.17) is 0 Å². The third-order valence-corrected chi connectivity index (χ3v) is 13.7. The van der Waals surface area contributed by atoms with Crippen LogP contribution < -0.4 is 20.7 Å². The van der Waals surface area contributed by atoms with Gasteiger partial charge in [0.1, 0.15) is 0 Å². The molecule has 0 bridgehead atoms. The normalized spacial score (nSPS) is 14.7. The second-order valence-electron chi connectivity index (χ2n) is 17.3. The Morgan fingerprint density at radius 2 is 1.03 bits per heavy atom. The summed E-state index contributed by atoms with van der Waals surface area (Å²) in [5.74, 6) is 0. The van der Waals surface area contributed by atoms with E-state index in [0.717, 1.165) is 17.1 Å². The van der Waals surface area contributed by atoms with Crippen LogP contribution in [0.4, 0.5) is 28.4 Å². The average molecular weight is 778 g/mol. The largest absolute Gasteiger partial charge is 0.311 e. The highest BCUT2D eigenvalue weighted by molar-refractivity contribution is 6.96. The molecule has 0 saturated heterocycles. The molecule has 1 aliphatic carbocycles. The number of para-hydroxylation sites is 3. The highest BCUT2D eigenvalue weighted by Crippen LogP contribution is 2.57. The lowest BCUT2D eigenvalue weighted by Crippen LogP contribution is -2.57. The van der Waals surface area contributed by atoms with Crippen molar-refractivity contribution >= 4 is 84.4 Å². The second kappa shape index (κ2) is 12.7. The van der Waals surface area contributed by atoms with Crippen LogP contribution in [-0.4, -0.2) is 11.3 Å². The SMILES string of the molecule is CC1(C)C2=C(c3ccc4ccccc4c31)N(c1cccc(-c3ccccc3)c1)c1cccc3c1B2c1ccc(-n2c4ccccc4c4ccccc42)cc1N3c1ccccc1. The zero-order valence-electron chi connectivity index (χ0n) is 34.0. The van der Waals surface area contributed by atoms with Crippen molar-refractivity contribution in [3.63, 3.8) is 0 Å². The predicted molar refractivity (Wildman–Crippen MR) is 258 cm³/mol. The summed E-state index contributed by atoms with van der Waals surface area (Å²) >= 11 is 0. The van der Waals surface area contributed by atoms with E-state index in [-0.39, 0.29) is 12.1 Å². The number of hydrogen-bond donors (Lipinski definition) is 0. The molecule has 0 amide bonds. The topological polar surface area (TPSA) is 11.4 Å². The fourth-order valence-corrected chi connectivity index (χ4v) is 11.3. The van der Waals surface area contributed by atoms with Crippen molar-refractivity contribution in [2.75, 3.05) is 9.80 Å². The Morgan fingerprint density at radius 3 is 1.79 bits per heavy atom. The summed E-state index contributed by atoms with van der Waals surface area (Å²) < 4.78 is 2.45. The van der Waals surface area contributed by atoms with E-state index in [1.165, 1.54) is 94.0 Å². The molecule has 0 atom stereocenters. The van der Waals surface area contributed by atoms with Gasteiger partial charge in [-0.2, -0.15) is 0 Å². The van der Waals surface area contributed by atoms with E-state index >= 15 is 0 Å². The van der Waals surface area contributed by atoms with Crippen LogP contribution in [0.2, 0.25) is 0 Å². The van der Waals surface area contributed by atoms with Crippen LogP contribution >= 0.6 is 0 Å². The molecule has 10 aromatic rings. The van der Waals surface area contributed by atoms with Gasteiger partial charge in [-0.1, -0.05) is 165 Å². The summed E-state index contributed by atoms with van der Waals surface area (Å²) in [5, 5.41) is 5.13. The van der Waals surface area contributed by atoms with Gasteiger partial charge in [-0.3, -0.25) is 0 Å². The molecule has 13 rings (SSSR count). The van der Waals surface area contributed by atoms with Gasteiger partial charge in [-0.25, -0.2) is 0 Å². The molecular formula is C57H40BN3. The van der Waals surface area contributed by atoms with Crippen LogP contribution in [0.15, 0.2) is 212 Å². The Balaban J connectivity index is 1.13. The maximum absolute atomic E-state index is 2.60. The number of aromatic nitrogens is 1. The van der Waals surface area contributed by atoms with Crippen molar-refractivity contribution in [3.05, 3.63) is 223 Å². The highest BCUT2D eigenvalue weighted by Gasteiger charge is 2.53. The van der Waals surface area contributed by atoms with Gasteiger partial charge < -0.3 is 14.4 Å². The molecule has 2 aliphatic heterocycles. The summed E-state index contributed by atoms with van der Waals surface area (Å²) in [6.07, 6.45) is 0. The number of fused-ring (bicyclic) bond motifs is 10. The van der Waals surface area contributed by atoms with Crippen molar-refractivity contribution in [1.29, 1.82) is 0 Å². The molecule has 3 nitrogen and oxygen atoms in total. The smallest absolute Gasteiger partial charge is 0.248 e. The van der Waals surface area contributed by atoms with E-state index in [0.29, 0.717) is 0 Å². The van der Waals surface area contributed by atoms with Gasteiger partial charge in [0, 0.05) is 61.6 Å². The van der Waals surface area contributed by atoms with Crippen molar-refractivity contribution in [2.45, 2.75) is 19.3 Å². The van der Waals surface area contributed by atoms with Crippen molar-refractivity contribution < 1.29 is 0 Å². The van der Waals surface area contributed by atoms with Gasteiger partial charge in [-0.05, 0) is 99.1 Å². The molecule has 0 N–H and O–H groups in total. The molecule has 3 aliphatic rings. The van der Waals surface area contributed by atoms with E-state index in [2.05, 4.69) is 234 Å². The highest BCUT2D eigenvalue weighted by atomic mass is 15.2. The third kappa shape index (κ3) is 4.76. The minimum Gasteiger partial charge on any atom is -0.311 e. The number of hydrogen-bond acceptors (Lipinski definition) is 2. The Morgan fingerprint density at radius 1 is 0.426 bits per heavy atom. The number of allylic oxidation sites excluding steroid dienone is 1. The minimum absolute atomic E-state index is 0.0121. The molecular weight excluding hydrogens is 737 g/mol. The van der Waals surface area contributed by atoms with Crippen molar-refractivity contribution in [1.82, 2.24) is 4.57 Å². The molecule has 0 fully saturated rings. The van der Waals surface area contributed by atoms with Crippen LogP contribution in [0, 0.1) is 0 Å². The maximum atomic E-state index is 2.60. The molecule has 3 heterocycles. The lowest BCUT2D eigenvalue weighted by molar-refractivity contribution is 0.672. The molecule has 9 aromatic carbocycles. The lowest BCUT2D eigenvalue weighted by Gasteiger charge is -2.46. The van der Waals surface area contributed by atoms with Crippen LogP contribution in [0.3, 0.4) is 0 Å². The maximum Gasteiger partial charge on any atom is 0.248 e. The van der Waals surface area contributed by atoms with Gasteiger partial charge in [0.05, 0.1) is 11.0 Å². The molecule has 286 valence electrons. The van der Waals surface area contributed by atoms with Crippen LogP contribution in [0.1, 0.15) is 25.0 Å². The second-order valence-corrected chi connectivity index (χ2v) is 17.3.